The van der Waals surface area contributed by atoms with Crippen LogP contribution in [0.5, 0.6) is 0 Å². The second-order valence-electron chi connectivity index (χ2n) is 9.85. The average molecular weight is 581 g/mol. The van der Waals surface area contributed by atoms with Crippen LogP contribution in [-0.4, -0.2) is 42.4 Å². The van der Waals surface area contributed by atoms with E-state index in [1.807, 2.05) is 121 Å². The SMILES string of the molecule is OC1O[C@H](COCc2ccccc2)[C@H](OCc2ccccc2)[C@H](OCc2ccccc2)[C@H]1OCc1ccccc1.[Ar]. The van der Waals surface area contributed by atoms with Crippen molar-refractivity contribution < 1.29 is 66.5 Å². The molecule has 6 nitrogen and oxygen atoms in total. The van der Waals surface area contributed by atoms with Crippen LogP contribution in [0, 0.1) is 37.7 Å². The van der Waals surface area contributed by atoms with E-state index in [1.54, 1.807) is 0 Å². The van der Waals surface area contributed by atoms with Gasteiger partial charge in [-0.25, -0.2) is 0 Å². The standard InChI is InChI=1S/C34H36O6.Ar/c35-34-33(39-24-29-19-11-4-12-20-29)32(38-23-28-17-9-3-10-18-28)31(37-22-27-15-7-2-8-16-27)30(40-34)25-36-21-26-13-5-1-6-14-26;/h1-20,30-35H,21-25H2;/t30-,31+,32+,33-,34?;/m1./s1. The molecule has 0 amide bonds. The zero-order chi connectivity index (χ0) is 27.4. The summed E-state index contributed by atoms with van der Waals surface area (Å²) in [7, 11) is 0. The Morgan fingerprint density at radius 3 is 1.29 bits per heavy atom. The van der Waals surface area contributed by atoms with E-state index in [0.29, 0.717) is 26.4 Å². The molecule has 1 unspecified atom stereocenters. The second kappa shape index (κ2) is 17.1. The van der Waals surface area contributed by atoms with Crippen molar-refractivity contribution in [3.8, 4) is 0 Å². The first-order chi connectivity index (χ1) is 19.8. The zero-order valence-electron chi connectivity index (χ0n) is 22.8. The Kier molecular flexibility index (Phi) is 13.3. The molecule has 0 aliphatic carbocycles. The fourth-order valence-corrected chi connectivity index (χ4v) is 4.77. The Hall–Kier alpha value is -2.10. The van der Waals surface area contributed by atoms with Crippen molar-refractivity contribution in [2.24, 2.45) is 0 Å². The van der Waals surface area contributed by atoms with Crippen molar-refractivity contribution in [3.63, 3.8) is 0 Å². The van der Waals surface area contributed by atoms with E-state index in [0.717, 1.165) is 22.3 Å². The molecule has 1 aliphatic heterocycles. The number of aliphatic hydroxyl groups excluding tert-OH is 1. The third-order valence-corrected chi connectivity index (χ3v) is 6.86. The van der Waals surface area contributed by atoms with Gasteiger partial charge in [0.1, 0.15) is 24.4 Å². The monoisotopic (exact) mass is 580 g/mol. The molecule has 4 aromatic carbocycles. The van der Waals surface area contributed by atoms with Gasteiger partial charge in [0.25, 0.3) is 0 Å². The summed E-state index contributed by atoms with van der Waals surface area (Å²) < 4.78 is 31.4. The second-order valence-corrected chi connectivity index (χ2v) is 9.85. The minimum absolute atomic E-state index is 0. The molecule has 0 saturated carbocycles. The molecule has 216 valence electrons. The third-order valence-electron chi connectivity index (χ3n) is 6.86. The van der Waals surface area contributed by atoms with Crippen molar-refractivity contribution in [1.82, 2.24) is 0 Å². The fraction of sp³-hybridized carbons (Fsp3) is 0.294. The number of benzene rings is 4. The van der Waals surface area contributed by atoms with Crippen LogP contribution >= 0.6 is 0 Å². The summed E-state index contributed by atoms with van der Waals surface area (Å²) in [5.41, 5.74) is 4.10. The molecule has 1 aliphatic rings. The van der Waals surface area contributed by atoms with Gasteiger partial charge in [0.2, 0.25) is 0 Å². The Morgan fingerprint density at radius 1 is 0.488 bits per heavy atom. The van der Waals surface area contributed by atoms with Gasteiger partial charge in [-0.15, -0.1) is 0 Å². The molecule has 0 aromatic heterocycles. The maximum atomic E-state index is 11.2. The van der Waals surface area contributed by atoms with Crippen LogP contribution < -0.4 is 0 Å². The molecule has 7 heteroatoms. The van der Waals surface area contributed by atoms with Gasteiger partial charge >= 0.3 is 0 Å². The van der Waals surface area contributed by atoms with Crippen LogP contribution in [0.1, 0.15) is 22.3 Å². The van der Waals surface area contributed by atoms with Crippen molar-refractivity contribution in [2.45, 2.75) is 57.1 Å². The van der Waals surface area contributed by atoms with Crippen molar-refractivity contribution >= 4 is 0 Å². The smallest absolute Gasteiger partial charge is 0.184 e. The Balaban J connectivity index is 0.00000387. The Bertz CT molecular complexity index is 1250. The maximum Gasteiger partial charge on any atom is 0.184 e. The molecule has 1 saturated heterocycles. The van der Waals surface area contributed by atoms with E-state index in [4.69, 9.17) is 23.7 Å². The first-order valence-electron chi connectivity index (χ1n) is 13.7. The minimum Gasteiger partial charge on any atom is -0.374 e. The van der Waals surface area contributed by atoms with E-state index >= 15 is 0 Å². The van der Waals surface area contributed by atoms with Crippen LogP contribution in [0.3, 0.4) is 0 Å². The van der Waals surface area contributed by atoms with Gasteiger partial charge in [0.15, 0.2) is 6.29 Å². The minimum atomic E-state index is -1.22. The molecule has 5 atom stereocenters. The van der Waals surface area contributed by atoms with Gasteiger partial charge in [-0.2, -0.15) is 0 Å². The number of rotatable bonds is 13. The number of hydrogen-bond donors (Lipinski definition) is 1. The van der Waals surface area contributed by atoms with Crippen molar-refractivity contribution in [2.75, 3.05) is 6.61 Å². The van der Waals surface area contributed by atoms with Gasteiger partial charge in [-0.05, 0) is 22.3 Å². The first-order valence-corrected chi connectivity index (χ1v) is 13.7. The van der Waals surface area contributed by atoms with E-state index in [1.165, 1.54) is 0 Å². The van der Waals surface area contributed by atoms with Crippen molar-refractivity contribution in [3.05, 3.63) is 144 Å². The van der Waals surface area contributed by atoms with Crippen LogP contribution in [0.25, 0.3) is 0 Å². The van der Waals surface area contributed by atoms with E-state index in [9.17, 15) is 5.11 Å². The number of aliphatic hydroxyl groups is 1. The van der Waals surface area contributed by atoms with Gasteiger partial charge in [0, 0.05) is 37.7 Å². The average Bonchev–Trinajstić information content (AvgIpc) is 3.01. The molecule has 1 heterocycles. The largest absolute Gasteiger partial charge is 0.374 e. The maximum absolute atomic E-state index is 11.2. The molecular weight excluding hydrogens is 544 g/mol. The summed E-state index contributed by atoms with van der Waals surface area (Å²) >= 11 is 0. The molecule has 4 aromatic rings. The molecule has 0 bridgehead atoms. The van der Waals surface area contributed by atoms with Crippen LogP contribution in [0.15, 0.2) is 121 Å². The molecule has 5 rings (SSSR count). The van der Waals surface area contributed by atoms with Gasteiger partial charge in [0.05, 0.1) is 33.0 Å². The number of ether oxygens (including phenoxy) is 5. The summed E-state index contributed by atoms with van der Waals surface area (Å²) in [5, 5.41) is 11.2. The molecule has 41 heavy (non-hydrogen) atoms. The molecule has 1 fully saturated rings. The summed E-state index contributed by atoms with van der Waals surface area (Å²) in [6.07, 6.45) is -3.72. The summed E-state index contributed by atoms with van der Waals surface area (Å²) in [6, 6.07) is 39.7. The fourth-order valence-electron chi connectivity index (χ4n) is 4.77. The number of hydrogen-bond acceptors (Lipinski definition) is 6. The predicted octanol–water partition coefficient (Wildman–Crippen LogP) is 5.68. The third kappa shape index (κ3) is 9.72. The van der Waals surface area contributed by atoms with Crippen LogP contribution in [0.2, 0.25) is 0 Å². The molecule has 0 radical (unpaired) electrons. The van der Waals surface area contributed by atoms with Crippen LogP contribution in [0.4, 0.5) is 0 Å². The summed E-state index contributed by atoms with van der Waals surface area (Å²) in [4.78, 5) is 0. The van der Waals surface area contributed by atoms with Gasteiger partial charge in [-0.3, -0.25) is 0 Å². The normalized spacial score (nSPS) is 22.1. The summed E-state index contributed by atoms with van der Waals surface area (Å²) in [6.45, 7) is 1.65. The van der Waals surface area contributed by atoms with Gasteiger partial charge < -0.3 is 28.8 Å². The topological polar surface area (TPSA) is 66.4 Å². The zero-order valence-corrected chi connectivity index (χ0v) is 23.5. The Labute approximate surface area is 272 Å². The quantitative estimate of drug-likeness (QED) is 0.220. The first kappa shape index (κ1) is 31.8. The van der Waals surface area contributed by atoms with Crippen molar-refractivity contribution in [1.29, 1.82) is 0 Å². The predicted molar refractivity (Wildman–Crippen MR) is 152 cm³/mol. The van der Waals surface area contributed by atoms with E-state index in [-0.39, 0.29) is 44.3 Å². The molecule has 0 spiro atoms. The molecule has 1 N–H and O–H groups in total. The van der Waals surface area contributed by atoms with E-state index in [2.05, 4.69) is 0 Å². The Morgan fingerprint density at radius 2 is 0.854 bits per heavy atom. The van der Waals surface area contributed by atoms with Gasteiger partial charge in [-0.1, -0.05) is 121 Å². The molecular formula is C34H36ArO6. The summed E-state index contributed by atoms with van der Waals surface area (Å²) in [5.74, 6) is 0. The van der Waals surface area contributed by atoms with Crippen LogP contribution in [-0.2, 0) is 50.1 Å². The van der Waals surface area contributed by atoms with E-state index < -0.39 is 30.7 Å².